The fourth-order valence-electron chi connectivity index (χ4n) is 2.61. The molecule has 0 aromatic heterocycles. The number of benzene rings is 1. The summed E-state index contributed by atoms with van der Waals surface area (Å²) in [4.78, 5) is 32.5. The highest BCUT2D eigenvalue weighted by Crippen LogP contribution is 2.36. The molecule has 0 saturated heterocycles. The molecule has 2 rings (SSSR count). The van der Waals surface area contributed by atoms with Crippen molar-refractivity contribution in [3.8, 4) is 0 Å². The van der Waals surface area contributed by atoms with Gasteiger partial charge in [-0.3, -0.25) is 14.9 Å². The van der Waals surface area contributed by atoms with Gasteiger partial charge >= 0.3 is 6.09 Å². The zero-order chi connectivity index (χ0) is 15.6. The number of nitro groups is 1. The van der Waals surface area contributed by atoms with Crippen LogP contribution in [0.3, 0.4) is 0 Å². The van der Waals surface area contributed by atoms with Crippen LogP contribution in [0.1, 0.15) is 35.6 Å². The molecule has 8 heteroatoms. The lowest BCUT2D eigenvalue weighted by atomic mass is 9.87. The number of nitro benzene ring substituents is 1. The van der Waals surface area contributed by atoms with Crippen LogP contribution in [0.15, 0.2) is 12.1 Å². The zero-order valence-electron chi connectivity index (χ0n) is 11.2. The number of amides is 2. The van der Waals surface area contributed by atoms with Gasteiger partial charge in [0.05, 0.1) is 11.3 Å². The lowest BCUT2D eigenvalue weighted by Gasteiger charge is -2.25. The molecule has 0 spiro atoms. The van der Waals surface area contributed by atoms with Crippen LogP contribution in [-0.2, 0) is 22.4 Å². The summed E-state index contributed by atoms with van der Waals surface area (Å²) in [5.74, 6) is -0.640. The molecule has 1 aromatic carbocycles. The van der Waals surface area contributed by atoms with Crippen molar-refractivity contribution in [1.82, 2.24) is 0 Å². The Hall–Kier alpha value is -2.64. The lowest BCUT2D eigenvalue weighted by Crippen LogP contribution is -2.22. The first-order chi connectivity index (χ1) is 9.88. The molecular formula is C13H15N3O5. The van der Waals surface area contributed by atoms with E-state index >= 15 is 0 Å². The smallest absolute Gasteiger partial charge is 0.405 e. The standard InChI is InChI=1S/C13H15N3O5/c14-12(17)5-8-4-7-2-1-3-11(21-13(15)18)9(7)6-10(8)16(19)20/h4,6,11H,1-3,5H2,(H2,14,17)(H2,15,18). The molecule has 0 heterocycles. The van der Waals surface area contributed by atoms with E-state index in [0.29, 0.717) is 18.4 Å². The van der Waals surface area contributed by atoms with Crippen molar-refractivity contribution < 1.29 is 19.2 Å². The molecule has 1 aromatic rings. The first kappa shape index (κ1) is 14.8. The summed E-state index contributed by atoms with van der Waals surface area (Å²) >= 11 is 0. The molecule has 1 aliphatic rings. The number of hydrogen-bond acceptors (Lipinski definition) is 5. The van der Waals surface area contributed by atoms with Crippen molar-refractivity contribution >= 4 is 17.7 Å². The number of carbonyl (C=O) groups excluding carboxylic acids is 2. The highest BCUT2D eigenvalue weighted by Gasteiger charge is 2.28. The fraction of sp³-hybridized carbons (Fsp3) is 0.385. The first-order valence-corrected chi connectivity index (χ1v) is 6.43. The summed E-state index contributed by atoms with van der Waals surface area (Å²) in [6.45, 7) is 0. The Morgan fingerprint density at radius 2 is 2.10 bits per heavy atom. The van der Waals surface area contributed by atoms with Crippen LogP contribution >= 0.6 is 0 Å². The monoisotopic (exact) mass is 293 g/mol. The second-order valence-corrected chi connectivity index (χ2v) is 4.90. The lowest BCUT2D eigenvalue weighted by molar-refractivity contribution is -0.385. The van der Waals surface area contributed by atoms with Crippen LogP contribution in [0.25, 0.3) is 0 Å². The van der Waals surface area contributed by atoms with Crippen LogP contribution in [0.2, 0.25) is 0 Å². The van der Waals surface area contributed by atoms with Gasteiger partial charge in [0, 0.05) is 17.2 Å². The van der Waals surface area contributed by atoms with E-state index in [1.54, 1.807) is 6.07 Å². The average Bonchev–Trinajstić information content (AvgIpc) is 2.36. The van der Waals surface area contributed by atoms with Crippen LogP contribution < -0.4 is 11.5 Å². The van der Waals surface area contributed by atoms with Gasteiger partial charge in [-0.1, -0.05) is 0 Å². The van der Waals surface area contributed by atoms with E-state index in [0.717, 1.165) is 12.0 Å². The molecule has 21 heavy (non-hydrogen) atoms. The highest BCUT2D eigenvalue weighted by molar-refractivity contribution is 5.78. The number of hydrogen-bond donors (Lipinski definition) is 2. The van der Waals surface area contributed by atoms with Crippen LogP contribution in [0.4, 0.5) is 10.5 Å². The molecule has 1 aliphatic carbocycles. The van der Waals surface area contributed by atoms with E-state index in [1.165, 1.54) is 6.07 Å². The average molecular weight is 293 g/mol. The molecule has 112 valence electrons. The van der Waals surface area contributed by atoms with Crippen molar-refractivity contribution in [3.05, 3.63) is 38.9 Å². The van der Waals surface area contributed by atoms with Crippen molar-refractivity contribution in [2.75, 3.05) is 0 Å². The molecule has 8 nitrogen and oxygen atoms in total. The number of nitrogens with zero attached hydrogens (tertiary/aromatic N) is 1. The molecule has 0 bridgehead atoms. The molecule has 0 fully saturated rings. The number of aryl methyl sites for hydroxylation is 1. The second kappa shape index (κ2) is 5.78. The Kier molecular flexibility index (Phi) is 4.06. The molecular weight excluding hydrogens is 278 g/mol. The van der Waals surface area contributed by atoms with Crippen LogP contribution in [-0.4, -0.2) is 16.9 Å². The molecule has 0 radical (unpaired) electrons. The SMILES string of the molecule is NC(=O)Cc1cc2c(cc1[N+](=O)[O-])C(OC(N)=O)CCC2. The topological polar surface area (TPSA) is 139 Å². The second-order valence-electron chi connectivity index (χ2n) is 4.90. The van der Waals surface area contributed by atoms with Gasteiger partial charge < -0.3 is 16.2 Å². The fourth-order valence-corrected chi connectivity index (χ4v) is 2.61. The number of carbonyl (C=O) groups is 2. The van der Waals surface area contributed by atoms with Crippen molar-refractivity contribution in [1.29, 1.82) is 0 Å². The van der Waals surface area contributed by atoms with Gasteiger partial charge in [0.1, 0.15) is 6.10 Å². The van der Waals surface area contributed by atoms with Gasteiger partial charge in [-0.25, -0.2) is 4.79 Å². The Labute approximate surface area is 120 Å². The molecule has 0 aliphatic heterocycles. The van der Waals surface area contributed by atoms with Gasteiger partial charge in [-0.05, 0) is 30.9 Å². The number of primary amides is 2. The van der Waals surface area contributed by atoms with Crippen LogP contribution in [0, 0.1) is 10.1 Å². The minimum absolute atomic E-state index is 0.201. The Bertz CT molecular complexity index is 614. The molecule has 1 unspecified atom stereocenters. The maximum Gasteiger partial charge on any atom is 0.405 e. The number of nitrogens with two attached hydrogens (primary N) is 2. The predicted octanol–water partition coefficient (Wildman–Crippen LogP) is 1.10. The van der Waals surface area contributed by atoms with Crippen LogP contribution in [0.5, 0.6) is 0 Å². The first-order valence-electron chi connectivity index (χ1n) is 6.43. The Balaban J connectivity index is 2.48. The van der Waals surface area contributed by atoms with Crippen molar-refractivity contribution in [2.24, 2.45) is 11.5 Å². The maximum absolute atomic E-state index is 11.1. The molecule has 2 amide bonds. The van der Waals surface area contributed by atoms with Crippen molar-refractivity contribution in [3.63, 3.8) is 0 Å². The molecule has 0 saturated carbocycles. The summed E-state index contributed by atoms with van der Waals surface area (Å²) < 4.78 is 5.00. The summed E-state index contributed by atoms with van der Waals surface area (Å²) in [6, 6.07) is 2.94. The van der Waals surface area contributed by atoms with E-state index in [-0.39, 0.29) is 17.7 Å². The minimum Gasteiger partial charge on any atom is -0.441 e. The normalized spacial score (nSPS) is 16.9. The number of rotatable bonds is 4. The van der Waals surface area contributed by atoms with E-state index < -0.39 is 23.0 Å². The maximum atomic E-state index is 11.1. The Morgan fingerprint density at radius 3 is 2.67 bits per heavy atom. The summed E-state index contributed by atoms with van der Waals surface area (Å²) in [7, 11) is 0. The number of ether oxygens (including phenoxy) is 1. The van der Waals surface area contributed by atoms with Gasteiger partial charge in [0.25, 0.3) is 5.69 Å². The quantitative estimate of drug-likeness (QED) is 0.632. The molecule has 1 atom stereocenters. The van der Waals surface area contributed by atoms with Gasteiger partial charge in [-0.2, -0.15) is 0 Å². The van der Waals surface area contributed by atoms with E-state index in [9.17, 15) is 19.7 Å². The van der Waals surface area contributed by atoms with Gasteiger partial charge in [0.2, 0.25) is 5.91 Å². The van der Waals surface area contributed by atoms with E-state index in [4.69, 9.17) is 16.2 Å². The van der Waals surface area contributed by atoms with E-state index in [1.807, 2.05) is 0 Å². The minimum atomic E-state index is -0.920. The third kappa shape index (κ3) is 3.28. The summed E-state index contributed by atoms with van der Waals surface area (Å²) in [5, 5.41) is 11.1. The van der Waals surface area contributed by atoms with Gasteiger partial charge in [-0.15, -0.1) is 0 Å². The third-order valence-corrected chi connectivity index (χ3v) is 3.42. The summed E-state index contributed by atoms with van der Waals surface area (Å²) in [6.07, 6.45) is 0.299. The third-order valence-electron chi connectivity index (χ3n) is 3.42. The van der Waals surface area contributed by atoms with Crippen molar-refractivity contribution in [2.45, 2.75) is 31.8 Å². The predicted molar refractivity (Wildman–Crippen MR) is 72.3 cm³/mol. The van der Waals surface area contributed by atoms with Gasteiger partial charge in [0.15, 0.2) is 0 Å². The van der Waals surface area contributed by atoms with E-state index in [2.05, 4.69) is 0 Å². The zero-order valence-corrected chi connectivity index (χ0v) is 11.2. The summed E-state index contributed by atoms with van der Waals surface area (Å²) in [5.41, 5.74) is 11.6. The largest absolute Gasteiger partial charge is 0.441 e. The highest BCUT2D eigenvalue weighted by atomic mass is 16.6. The molecule has 4 N–H and O–H groups in total. The Morgan fingerprint density at radius 1 is 1.38 bits per heavy atom. The number of fused-ring (bicyclic) bond motifs is 1.